The summed E-state index contributed by atoms with van der Waals surface area (Å²) in [5, 5.41) is 9.69. The van der Waals surface area contributed by atoms with Crippen molar-refractivity contribution in [3.8, 4) is 0 Å². The number of anilines is 2. The molecule has 0 saturated carbocycles. The van der Waals surface area contributed by atoms with Gasteiger partial charge in [-0.3, -0.25) is 0 Å². The second-order valence-electron chi connectivity index (χ2n) is 4.36. The van der Waals surface area contributed by atoms with Crippen LogP contribution < -0.4 is 16.2 Å². The Morgan fingerprint density at radius 2 is 2.44 bits per heavy atom. The third kappa shape index (κ3) is 3.04. The standard InChI is InChI=1S/C11H19N5OS/c1-18-11-13-9(15-12)6-10(14-11)16-4-2-8(7-16)3-5-17/h6,8,17H,2-5,7,12H2,1H3,(H,13,14,15). The largest absolute Gasteiger partial charge is 0.396 e. The molecule has 18 heavy (non-hydrogen) atoms. The Morgan fingerprint density at radius 3 is 3.11 bits per heavy atom. The summed E-state index contributed by atoms with van der Waals surface area (Å²) in [4.78, 5) is 11.0. The molecular weight excluding hydrogens is 250 g/mol. The number of aliphatic hydroxyl groups is 1. The van der Waals surface area contributed by atoms with Gasteiger partial charge in [0.15, 0.2) is 5.16 Å². The van der Waals surface area contributed by atoms with Crippen LogP contribution in [0.2, 0.25) is 0 Å². The molecule has 2 heterocycles. The van der Waals surface area contributed by atoms with Crippen LogP contribution in [0.25, 0.3) is 0 Å². The summed E-state index contributed by atoms with van der Waals surface area (Å²) in [7, 11) is 0. The van der Waals surface area contributed by atoms with Crippen molar-refractivity contribution in [1.29, 1.82) is 0 Å². The van der Waals surface area contributed by atoms with Crippen LogP contribution in [-0.4, -0.2) is 41.0 Å². The molecule has 6 nitrogen and oxygen atoms in total. The second-order valence-corrected chi connectivity index (χ2v) is 5.13. The molecule has 0 aliphatic carbocycles. The average Bonchev–Trinajstić information content (AvgIpc) is 2.87. The molecule has 1 unspecified atom stereocenters. The van der Waals surface area contributed by atoms with E-state index in [1.54, 1.807) is 0 Å². The van der Waals surface area contributed by atoms with Crippen LogP contribution >= 0.6 is 11.8 Å². The molecule has 0 spiro atoms. The normalized spacial score (nSPS) is 19.3. The van der Waals surface area contributed by atoms with Crippen molar-refractivity contribution in [2.45, 2.75) is 18.0 Å². The zero-order valence-corrected chi connectivity index (χ0v) is 11.3. The Kier molecular flexibility index (Phi) is 4.62. The van der Waals surface area contributed by atoms with Gasteiger partial charge in [-0.15, -0.1) is 0 Å². The van der Waals surface area contributed by atoms with E-state index < -0.39 is 0 Å². The fraction of sp³-hybridized carbons (Fsp3) is 0.636. The maximum absolute atomic E-state index is 8.97. The maximum atomic E-state index is 8.97. The van der Waals surface area contributed by atoms with Gasteiger partial charge in [0, 0.05) is 25.8 Å². The maximum Gasteiger partial charge on any atom is 0.191 e. The lowest BCUT2D eigenvalue weighted by Gasteiger charge is -2.18. The van der Waals surface area contributed by atoms with Gasteiger partial charge in [0.25, 0.3) is 0 Å². The minimum absolute atomic E-state index is 0.258. The number of nitrogen functional groups attached to an aromatic ring is 1. The van der Waals surface area contributed by atoms with Crippen molar-refractivity contribution < 1.29 is 5.11 Å². The van der Waals surface area contributed by atoms with E-state index in [9.17, 15) is 0 Å². The molecule has 0 amide bonds. The number of hydrogen-bond acceptors (Lipinski definition) is 7. The molecule has 4 N–H and O–H groups in total. The summed E-state index contributed by atoms with van der Waals surface area (Å²) >= 11 is 1.50. The van der Waals surface area contributed by atoms with Gasteiger partial charge >= 0.3 is 0 Å². The number of nitrogens with one attached hydrogen (secondary N) is 1. The number of nitrogens with two attached hydrogens (primary N) is 1. The minimum Gasteiger partial charge on any atom is -0.396 e. The first kappa shape index (κ1) is 13.4. The number of aromatic nitrogens is 2. The molecule has 0 radical (unpaired) electrons. The van der Waals surface area contributed by atoms with Crippen LogP contribution in [0.3, 0.4) is 0 Å². The lowest BCUT2D eigenvalue weighted by atomic mass is 10.1. The highest BCUT2D eigenvalue weighted by atomic mass is 32.2. The predicted octanol–water partition coefficient (Wildman–Crippen LogP) is 0.693. The van der Waals surface area contributed by atoms with E-state index in [1.165, 1.54) is 11.8 Å². The lowest BCUT2D eigenvalue weighted by molar-refractivity contribution is 0.263. The number of thioether (sulfide) groups is 1. The highest BCUT2D eigenvalue weighted by Crippen LogP contribution is 2.26. The van der Waals surface area contributed by atoms with Gasteiger partial charge in [-0.1, -0.05) is 11.8 Å². The Morgan fingerprint density at radius 1 is 1.61 bits per heavy atom. The van der Waals surface area contributed by atoms with E-state index in [-0.39, 0.29) is 6.61 Å². The molecule has 0 aromatic carbocycles. The summed E-state index contributed by atoms with van der Waals surface area (Å²) in [5.74, 6) is 7.51. The van der Waals surface area contributed by atoms with Gasteiger partial charge in [0.1, 0.15) is 11.6 Å². The summed E-state index contributed by atoms with van der Waals surface area (Å²) in [6.45, 7) is 2.17. The summed E-state index contributed by atoms with van der Waals surface area (Å²) in [5.41, 5.74) is 2.57. The number of hydrogen-bond donors (Lipinski definition) is 3. The molecule has 2 rings (SSSR count). The molecule has 1 saturated heterocycles. The Labute approximate surface area is 111 Å². The van der Waals surface area contributed by atoms with Crippen molar-refractivity contribution in [1.82, 2.24) is 9.97 Å². The van der Waals surface area contributed by atoms with Crippen LogP contribution in [-0.2, 0) is 0 Å². The van der Waals surface area contributed by atoms with Crippen molar-refractivity contribution in [3.05, 3.63) is 6.07 Å². The second kappa shape index (κ2) is 6.21. The molecular formula is C11H19N5OS. The minimum atomic E-state index is 0.258. The van der Waals surface area contributed by atoms with E-state index in [0.29, 0.717) is 16.9 Å². The molecule has 1 aromatic heterocycles. The third-order valence-electron chi connectivity index (χ3n) is 3.17. The van der Waals surface area contributed by atoms with E-state index >= 15 is 0 Å². The van der Waals surface area contributed by atoms with Crippen LogP contribution in [0.15, 0.2) is 11.2 Å². The SMILES string of the molecule is CSc1nc(NN)cc(N2CCC(CCO)C2)n1. The number of rotatable bonds is 5. The molecule has 1 fully saturated rings. The molecule has 1 aliphatic rings. The molecule has 100 valence electrons. The monoisotopic (exact) mass is 269 g/mol. The van der Waals surface area contributed by atoms with Gasteiger partial charge in [-0.05, 0) is 25.0 Å². The summed E-state index contributed by atoms with van der Waals surface area (Å²) < 4.78 is 0. The molecule has 1 aromatic rings. The predicted molar refractivity (Wildman–Crippen MR) is 73.6 cm³/mol. The summed E-state index contributed by atoms with van der Waals surface area (Å²) in [6.07, 6.45) is 3.90. The number of aliphatic hydroxyl groups excluding tert-OH is 1. The molecule has 7 heteroatoms. The Hall–Kier alpha value is -1.05. The fourth-order valence-corrected chi connectivity index (χ4v) is 2.57. The van der Waals surface area contributed by atoms with Crippen molar-refractivity contribution in [2.75, 3.05) is 36.3 Å². The number of nitrogens with zero attached hydrogens (tertiary/aromatic N) is 3. The summed E-state index contributed by atoms with van der Waals surface area (Å²) in [6, 6.07) is 1.86. The van der Waals surface area contributed by atoms with E-state index in [4.69, 9.17) is 10.9 Å². The van der Waals surface area contributed by atoms with Gasteiger partial charge < -0.3 is 15.4 Å². The third-order valence-corrected chi connectivity index (χ3v) is 3.72. The van der Waals surface area contributed by atoms with Crippen LogP contribution in [0, 0.1) is 5.92 Å². The van der Waals surface area contributed by atoms with Gasteiger partial charge in [0.2, 0.25) is 0 Å². The average molecular weight is 269 g/mol. The van der Waals surface area contributed by atoms with Crippen molar-refractivity contribution >= 4 is 23.4 Å². The highest BCUT2D eigenvalue weighted by molar-refractivity contribution is 7.98. The lowest BCUT2D eigenvalue weighted by Crippen LogP contribution is -2.22. The highest BCUT2D eigenvalue weighted by Gasteiger charge is 2.23. The molecule has 1 aliphatic heterocycles. The van der Waals surface area contributed by atoms with Crippen molar-refractivity contribution in [2.24, 2.45) is 11.8 Å². The molecule has 0 bridgehead atoms. The van der Waals surface area contributed by atoms with E-state index in [0.717, 1.165) is 31.7 Å². The van der Waals surface area contributed by atoms with Crippen LogP contribution in [0.1, 0.15) is 12.8 Å². The Bertz CT molecular complexity index is 381. The van der Waals surface area contributed by atoms with Gasteiger partial charge in [-0.2, -0.15) is 0 Å². The van der Waals surface area contributed by atoms with Crippen LogP contribution in [0.4, 0.5) is 11.6 Å². The van der Waals surface area contributed by atoms with E-state index in [1.807, 2.05) is 12.3 Å². The first-order valence-corrected chi connectivity index (χ1v) is 7.24. The van der Waals surface area contributed by atoms with Gasteiger partial charge in [-0.25, -0.2) is 15.8 Å². The first-order chi connectivity index (χ1) is 8.76. The van der Waals surface area contributed by atoms with Crippen LogP contribution in [0.5, 0.6) is 0 Å². The first-order valence-electron chi connectivity index (χ1n) is 6.02. The van der Waals surface area contributed by atoms with Crippen molar-refractivity contribution in [3.63, 3.8) is 0 Å². The zero-order valence-electron chi connectivity index (χ0n) is 10.5. The zero-order chi connectivity index (χ0) is 13.0. The van der Waals surface area contributed by atoms with E-state index in [2.05, 4.69) is 20.3 Å². The number of hydrazine groups is 1. The topological polar surface area (TPSA) is 87.3 Å². The quantitative estimate of drug-likeness (QED) is 0.314. The Balaban J connectivity index is 2.13. The smallest absolute Gasteiger partial charge is 0.191 e. The van der Waals surface area contributed by atoms with Gasteiger partial charge in [0.05, 0.1) is 0 Å². The molecule has 1 atom stereocenters. The fourth-order valence-electron chi connectivity index (χ4n) is 2.20.